The second-order valence-corrected chi connectivity index (χ2v) is 4.52. The fraction of sp³-hybridized carbons (Fsp3) is 0.500. The molecule has 2 N–H and O–H groups in total. The van der Waals surface area contributed by atoms with Crippen LogP contribution in [-0.4, -0.2) is 28.9 Å². The van der Waals surface area contributed by atoms with Crippen LogP contribution in [0.5, 0.6) is 0 Å². The van der Waals surface area contributed by atoms with Gasteiger partial charge in [-0.3, -0.25) is 4.79 Å². The molecular formula is C12H18ClN3O. The first-order valence-corrected chi connectivity index (χ1v) is 6.03. The van der Waals surface area contributed by atoms with Crippen molar-refractivity contribution in [1.82, 2.24) is 9.88 Å². The largest absolute Gasteiger partial charge is 0.397 e. The molecule has 0 fully saturated rings. The van der Waals surface area contributed by atoms with E-state index in [1.165, 1.54) is 6.20 Å². The minimum atomic E-state index is -0.143. The first-order valence-electron chi connectivity index (χ1n) is 5.65. The molecular weight excluding hydrogens is 238 g/mol. The van der Waals surface area contributed by atoms with E-state index in [0.29, 0.717) is 11.3 Å². The summed E-state index contributed by atoms with van der Waals surface area (Å²) in [4.78, 5) is 17.7. The molecule has 0 saturated carbocycles. The van der Waals surface area contributed by atoms with Crippen LogP contribution in [0, 0.1) is 0 Å². The van der Waals surface area contributed by atoms with E-state index in [4.69, 9.17) is 17.3 Å². The molecule has 5 heteroatoms. The highest BCUT2D eigenvalue weighted by Crippen LogP contribution is 2.19. The van der Waals surface area contributed by atoms with Crippen LogP contribution >= 0.6 is 11.6 Å². The number of hydrogen-bond acceptors (Lipinski definition) is 3. The van der Waals surface area contributed by atoms with E-state index < -0.39 is 0 Å². The van der Waals surface area contributed by atoms with Crippen molar-refractivity contribution in [2.45, 2.75) is 32.7 Å². The lowest BCUT2D eigenvalue weighted by molar-refractivity contribution is 0.0736. The lowest BCUT2D eigenvalue weighted by atomic mass is 10.1. The zero-order valence-electron chi connectivity index (χ0n) is 10.4. The summed E-state index contributed by atoms with van der Waals surface area (Å²) in [6.45, 7) is 4.10. The topological polar surface area (TPSA) is 59.2 Å². The maximum absolute atomic E-state index is 12.2. The summed E-state index contributed by atoms with van der Waals surface area (Å²) < 4.78 is 0. The summed E-state index contributed by atoms with van der Waals surface area (Å²) in [7, 11) is 1.77. The van der Waals surface area contributed by atoms with Gasteiger partial charge in [-0.15, -0.1) is 0 Å². The fourth-order valence-corrected chi connectivity index (χ4v) is 1.80. The first kappa shape index (κ1) is 13.8. The molecule has 1 amide bonds. The summed E-state index contributed by atoms with van der Waals surface area (Å²) >= 11 is 5.90. The lowest BCUT2D eigenvalue weighted by Crippen LogP contribution is -2.35. The Morgan fingerprint density at radius 2 is 2.29 bits per heavy atom. The van der Waals surface area contributed by atoms with Gasteiger partial charge in [-0.1, -0.05) is 24.9 Å². The quantitative estimate of drug-likeness (QED) is 0.842. The van der Waals surface area contributed by atoms with Crippen molar-refractivity contribution < 1.29 is 4.79 Å². The number of aromatic nitrogens is 1. The van der Waals surface area contributed by atoms with Crippen molar-refractivity contribution in [2.75, 3.05) is 12.8 Å². The molecule has 0 aliphatic rings. The van der Waals surface area contributed by atoms with E-state index in [-0.39, 0.29) is 17.1 Å². The molecule has 0 aliphatic heterocycles. The second-order valence-electron chi connectivity index (χ2n) is 4.16. The van der Waals surface area contributed by atoms with Crippen LogP contribution in [0.15, 0.2) is 12.3 Å². The Kier molecular flexibility index (Phi) is 4.75. The molecule has 0 saturated heterocycles. The van der Waals surface area contributed by atoms with E-state index in [1.807, 2.05) is 6.92 Å². The minimum absolute atomic E-state index is 0.143. The van der Waals surface area contributed by atoms with Crippen LogP contribution in [0.25, 0.3) is 0 Å². The highest BCUT2D eigenvalue weighted by molar-refractivity contribution is 6.32. The molecule has 0 radical (unpaired) electrons. The maximum atomic E-state index is 12.2. The summed E-state index contributed by atoms with van der Waals surface area (Å²) in [6.07, 6.45) is 3.42. The zero-order valence-corrected chi connectivity index (χ0v) is 11.2. The minimum Gasteiger partial charge on any atom is -0.397 e. The molecule has 1 rings (SSSR count). The van der Waals surface area contributed by atoms with Gasteiger partial charge >= 0.3 is 0 Å². The Labute approximate surface area is 107 Å². The molecule has 1 aromatic rings. The molecule has 0 aromatic carbocycles. The molecule has 1 atom stereocenters. The predicted octanol–water partition coefficient (Wildman–Crippen LogP) is 2.58. The van der Waals surface area contributed by atoms with Gasteiger partial charge in [0.2, 0.25) is 0 Å². The van der Waals surface area contributed by atoms with E-state index >= 15 is 0 Å². The van der Waals surface area contributed by atoms with Gasteiger partial charge in [0.05, 0.1) is 17.4 Å². The number of hydrogen-bond donors (Lipinski definition) is 1. The number of nitrogens with zero attached hydrogens (tertiary/aromatic N) is 2. The maximum Gasteiger partial charge on any atom is 0.257 e. The molecule has 1 aromatic heterocycles. The molecule has 17 heavy (non-hydrogen) atoms. The van der Waals surface area contributed by atoms with Crippen molar-refractivity contribution in [2.24, 2.45) is 0 Å². The van der Waals surface area contributed by atoms with E-state index in [9.17, 15) is 4.79 Å². The number of pyridine rings is 1. The van der Waals surface area contributed by atoms with Crippen LogP contribution in [0.4, 0.5) is 5.69 Å². The number of carbonyl (C=O) groups excluding carboxylic acids is 1. The first-order chi connectivity index (χ1) is 7.97. The van der Waals surface area contributed by atoms with Crippen molar-refractivity contribution >= 4 is 23.2 Å². The zero-order chi connectivity index (χ0) is 13.0. The lowest BCUT2D eigenvalue weighted by Gasteiger charge is -2.25. The monoisotopic (exact) mass is 255 g/mol. The highest BCUT2D eigenvalue weighted by Gasteiger charge is 2.20. The van der Waals surface area contributed by atoms with Crippen LogP contribution in [0.1, 0.15) is 37.0 Å². The number of carbonyl (C=O) groups is 1. The number of amides is 1. The van der Waals surface area contributed by atoms with Gasteiger partial charge in [-0.25, -0.2) is 4.98 Å². The van der Waals surface area contributed by atoms with Crippen molar-refractivity contribution in [3.63, 3.8) is 0 Å². The number of nitrogens with two attached hydrogens (primary N) is 1. The van der Waals surface area contributed by atoms with Gasteiger partial charge in [-0.2, -0.15) is 0 Å². The Morgan fingerprint density at radius 3 is 2.88 bits per heavy atom. The fourth-order valence-electron chi connectivity index (χ4n) is 1.62. The van der Waals surface area contributed by atoms with Crippen molar-refractivity contribution in [3.05, 3.63) is 23.0 Å². The third-order valence-electron chi connectivity index (χ3n) is 2.78. The molecule has 0 aliphatic carbocycles. The molecule has 0 bridgehead atoms. The molecule has 94 valence electrons. The van der Waals surface area contributed by atoms with Crippen molar-refractivity contribution in [3.8, 4) is 0 Å². The molecule has 1 unspecified atom stereocenters. The molecule has 1 heterocycles. The normalized spacial score (nSPS) is 12.2. The second kappa shape index (κ2) is 5.87. The molecule has 4 nitrogen and oxygen atoms in total. The van der Waals surface area contributed by atoms with Crippen LogP contribution in [0.3, 0.4) is 0 Å². The average molecular weight is 256 g/mol. The number of anilines is 1. The molecule has 0 spiro atoms. The summed E-state index contributed by atoms with van der Waals surface area (Å²) in [5.74, 6) is -0.143. The van der Waals surface area contributed by atoms with Gasteiger partial charge in [0, 0.05) is 13.1 Å². The Bertz CT molecular complexity index is 409. The van der Waals surface area contributed by atoms with Gasteiger partial charge in [0.25, 0.3) is 5.91 Å². The number of nitrogen functional groups attached to an aromatic ring is 1. The van der Waals surface area contributed by atoms with Crippen LogP contribution in [0.2, 0.25) is 5.15 Å². The Morgan fingerprint density at radius 1 is 1.65 bits per heavy atom. The van der Waals surface area contributed by atoms with Crippen LogP contribution in [-0.2, 0) is 0 Å². The van der Waals surface area contributed by atoms with Gasteiger partial charge in [0.15, 0.2) is 0 Å². The van der Waals surface area contributed by atoms with Gasteiger partial charge in [0.1, 0.15) is 5.15 Å². The highest BCUT2D eigenvalue weighted by atomic mass is 35.5. The summed E-state index contributed by atoms with van der Waals surface area (Å²) in [5.41, 5.74) is 6.41. The summed E-state index contributed by atoms with van der Waals surface area (Å²) in [5, 5.41) is 0.194. The standard InChI is InChI=1S/C12H18ClN3O/c1-4-5-8(2)16(3)12(17)10-6-9(14)7-15-11(10)13/h6-8H,4-5,14H2,1-3H3. The van der Waals surface area contributed by atoms with E-state index in [1.54, 1.807) is 18.0 Å². The SMILES string of the molecule is CCCC(C)N(C)C(=O)c1cc(N)cnc1Cl. The van der Waals surface area contributed by atoms with E-state index in [2.05, 4.69) is 11.9 Å². The van der Waals surface area contributed by atoms with Crippen molar-refractivity contribution in [1.29, 1.82) is 0 Å². The van der Waals surface area contributed by atoms with Crippen LogP contribution < -0.4 is 5.73 Å². The number of rotatable bonds is 4. The van der Waals surface area contributed by atoms with E-state index in [0.717, 1.165) is 12.8 Å². The average Bonchev–Trinajstić information content (AvgIpc) is 2.30. The third-order valence-corrected chi connectivity index (χ3v) is 3.08. The van der Waals surface area contributed by atoms with Gasteiger partial charge in [-0.05, 0) is 19.4 Å². The summed E-state index contributed by atoms with van der Waals surface area (Å²) in [6, 6.07) is 1.73. The smallest absolute Gasteiger partial charge is 0.257 e. The van der Waals surface area contributed by atoms with Gasteiger partial charge < -0.3 is 10.6 Å². The third kappa shape index (κ3) is 3.33. The number of halogens is 1. The predicted molar refractivity (Wildman–Crippen MR) is 70.1 cm³/mol. The Balaban J connectivity index is 2.92. The Hall–Kier alpha value is -1.29.